The number of rotatable bonds is 9. The van der Waals surface area contributed by atoms with E-state index in [-0.39, 0.29) is 0 Å². The van der Waals surface area contributed by atoms with Gasteiger partial charge >= 0.3 is 0 Å². The van der Waals surface area contributed by atoms with Crippen molar-refractivity contribution in [2.75, 3.05) is 0 Å². The van der Waals surface area contributed by atoms with Crippen LogP contribution in [0.25, 0.3) is 34.9 Å². The van der Waals surface area contributed by atoms with E-state index >= 15 is 0 Å². The Morgan fingerprint density at radius 1 is 0.318 bits per heavy atom. The summed E-state index contributed by atoms with van der Waals surface area (Å²) in [6.07, 6.45) is 7.29. The lowest BCUT2D eigenvalue weighted by Gasteiger charge is -2.10. The first-order valence-electron chi connectivity index (χ1n) is 14.8. The molecule has 0 unspecified atom stereocenters. The lowest BCUT2D eigenvalue weighted by atomic mass is 9.94. The summed E-state index contributed by atoms with van der Waals surface area (Å²) in [7, 11) is 0. The number of hydrogen-bond donors (Lipinski definition) is 0. The maximum absolute atomic E-state index is 12.2. The van der Waals surface area contributed by atoms with Crippen LogP contribution >= 0.6 is 0 Å². The fourth-order valence-electron chi connectivity index (χ4n) is 5.30. The molecule has 1 nitrogen and oxygen atoms in total. The number of carbonyl (C=O) groups excluding carboxylic acids is 1. The fraction of sp³-hybridized carbons (Fsp3) is 0. The largest absolute Gasteiger partial charge is 0.298 e. The average molecular weight is 565 g/mol. The Bertz CT molecular complexity index is 1810. The zero-order chi connectivity index (χ0) is 30.0. The summed E-state index contributed by atoms with van der Waals surface area (Å²) < 4.78 is 0. The number of hydrogen-bond acceptors (Lipinski definition) is 1. The van der Waals surface area contributed by atoms with Gasteiger partial charge in [0, 0.05) is 5.57 Å². The fourth-order valence-corrected chi connectivity index (χ4v) is 5.30. The molecule has 0 bridgehead atoms. The molecule has 1 heteroatoms. The second-order valence-electron chi connectivity index (χ2n) is 10.6. The average Bonchev–Trinajstić information content (AvgIpc) is 3.11. The Morgan fingerprint density at radius 2 is 0.614 bits per heavy atom. The molecule has 6 rings (SSSR count). The summed E-state index contributed by atoms with van der Waals surface area (Å²) in [6, 6.07) is 58.2. The normalized spacial score (nSPS) is 11.0. The van der Waals surface area contributed by atoms with Crippen molar-refractivity contribution >= 4 is 41.2 Å². The van der Waals surface area contributed by atoms with Crippen molar-refractivity contribution in [1.82, 2.24) is 0 Å². The van der Waals surface area contributed by atoms with Gasteiger partial charge in [-0.1, -0.05) is 170 Å². The predicted octanol–water partition coefficient (Wildman–Crippen LogP) is 10.6. The summed E-state index contributed by atoms with van der Waals surface area (Å²) in [5.74, 6) is 0. The van der Waals surface area contributed by atoms with E-state index in [4.69, 9.17) is 0 Å². The van der Waals surface area contributed by atoms with E-state index in [9.17, 15) is 4.79 Å². The molecule has 0 heterocycles. The van der Waals surface area contributed by atoms with Crippen molar-refractivity contribution in [2.24, 2.45) is 0 Å². The first-order valence-corrected chi connectivity index (χ1v) is 14.8. The van der Waals surface area contributed by atoms with Gasteiger partial charge in [0.15, 0.2) is 6.29 Å². The van der Waals surface area contributed by atoms with Crippen LogP contribution in [0.15, 0.2) is 170 Å². The van der Waals surface area contributed by atoms with Gasteiger partial charge in [-0.25, -0.2) is 0 Å². The molecule has 0 aliphatic heterocycles. The first kappa shape index (κ1) is 28.3. The number of benzene rings is 6. The van der Waals surface area contributed by atoms with Gasteiger partial charge in [0.25, 0.3) is 0 Å². The second-order valence-corrected chi connectivity index (χ2v) is 10.6. The van der Waals surface area contributed by atoms with Gasteiger partial charge in [0.05, 0.1) is 0 Å². The lowest BCUT2D eigenvalue weighted by molar-refractivity contribution is -0.103. The molecule has 0 aromatic heterocycles. The van der Waals surface area contributed by atoms with Crippen molar-refractivity contribution in [1.29, 1.82) is 0 Å². The van der Waals surface area contributed by atoms with Gasteiger partial charge in [-0.15, -0.1) is 0 Å². The molecule has 0 aliphatic carbocycles. The van der Waals surface area contributed by atoms with E-state index in [1.807, 2.05) is 42.5 Å². The van der Waals surface area contributed by atoms with Crippen molar-refractivity contribution in [3.8, 4) is 0 Å². The summed E-state index contributed by atoms with van der Waals surface area (Å²) in [5.41, 5.74) is 11.7. The molecule has 44 heavy (non-hydrogen) atoms. The van der Waals surface area contributed by atoms with E-state index in [1.165, 1.54) is 16.7 Å². The minimum absolute atomic E-state index is 0.643. The highest BCUT2D eigenvalue weighted by Crippen LogP contribution is 2.28. The van der Waals surface area contributed by atoms with E-state index < -0.39 is 0 Å². The van der Waals surface area contributed by atoms with Gasteiger partial charge in [-0.2, -0.15) is 0 Å². The number of carbonyl (C=O) groups is 1. The monoisotopic (exact) mass is 564 g/mol. The van der Waals surface area contributed by atoms with Crippen LogP contribution in [0.2, 0.25) is 0 Å². The third-order valence-corrected chi connectivity index (χ3v) is 7.59. The molecule has 0 fully saturated rings. The van der Waals surface area contributed by atoms with Gasteiger partial charge < -0.3 is 0 Å². The standard InChI is InChI=1S/C43H32O/c44-32-41(36-27-25-35(26-28-36)31-43(39-17-9-3-10-18-39)40-19-11-4-12-20-40)29-33-21-23-34(24-22-33)30-42(37-13-5-1-6-14-37)38-15-7-2-8-16-38/h1-32H/b41-29+. The zero-order valence-electron chi connectivity index (χ0n) is 24.4. The molecular formula is C43H32O. The van der Waals surface area contributed by atoms with Crippen molar-refractivity contribution in [3.05, 3.63) is 214 Å². The van der Waals surface area contributed by atoms with Crippen molar-refractivity contribution in [3.63, 3.8) is 0 Å². The predicted molar refractivity (Wildman–Crippen MR) is 187 cm³/mol. The highest BCUT2D eigenvalue weighted by Gasteiger charge is 2.07. The highest BCUT2D eigenvalue weighted by atomic mass is 16.1. The smallest absolute Gasteiger partial charge is 0.150 e. The SMILES string of the molecule is O=C/C(=C\c1ccc(C=C(c2ccccc2)c2ccccc2)cc1)c1ccc(C=C(c2ccccc2)c2ccccc2)cc1. The van der Waals surface area contributed by atoms with Crippen molar-refractivity contribution in [2.45, 2.75) is 0 Å². The Morgan fingerprint density at radius 3 is 0.932 bits per heavy atom. The highest BCUT2D eigenvalue weighted by molar-refractivity contribution is 6.13. The minimum Gasteiger partial charge on any atom is -0.298 e. The molecule has 210 valence electrons. The maximum atomic E-state index is 12.2. The lowest BCUT2D eigenvalue weighted by Crippen LogP contribution is -1.90. The molecule has 0 saturated carbocycles. The number of aldehydes is 1. The minimum atomic E-state index is 0.643. The molecular weight excluding hydrogens is 532 g/mol. The van der Waals surface area contributed by atoms with E-state index in [2.05, 4.69) is 146 Å². The van der Waals surface area contributed by atoms with Gasteiger partial charge in [-0.05, 0) is 73.9 Å². The molecule has 0 N–H and O–H groups in total. The van der Waals surface area contributed by atoms with E-state index in [0.29, 0.717) is 5.57 Å². The Balaban J connectivity index is 1.26. The van der Waals surface area contributed by atoms with Crippen LogP contribution in [0.3, 0.4) is 0 Å². The van der Waals surface area contributed by atoms with E-state index in [0.717, 1.165) is 45.2 Å². The third-order valence-electron chi connectivity index (χ3n) is 7.59. The van der Waals surface area contributed by atoms with Crippen LogP contribution < -0.4 is 0 Å². The maximum Gasteiger partial charge on any atom is 0.150 e. The second kappa shape index (κ2) is 13.9. The Kier molecular flexibility index (Phi) is 8.96. The Hall–Kier alpha value is -5.79. The Labute approximate surface area is 259 Å². The summed E-state index contributed by atoms with van der Waals surface area (Å²) in [5, 5.41) is 0. The molecule has 0 saturated heterocycles. The third kappa shape index (κ3) is 6.98. The van der Waals surface area contributed by atoms with Crippen LogP contribution in [-0.2, 0) is 4.79 Å². The molecule has 0 spiro atoms. The van der Waals surface area contributed by atoms with Gasteiger partial charge in [0.1, 0.15) is 0 Å². The van der Waals surface area contributed by atoms with Crippen molar-refractivity contribution < 1.29 is 4.79 Å². The van der Waals surface area contributed by atoms with Gasteiger partial charge in [-0.3, -0.25) is 4.79 Å². The zero-order valence-corrected chi connectivity index (χ0v) is 24.4. The van der Waals surface area contributed by atoms with Crippen LogP contribution in [0.4, 0.5) is 0 Å². The molecule has 0 radical (unpaired) electrons. The molecule has 0 amide bonds. The van der Waals surface area contributed by atoms with E-state index in [1.54, 1.807) is 0 Å². The summed E-state index contributed by atoms with van der Waals surface area (Å²) in [6.45, 7) is 0. The van der Waals surface area contributed by atoms with Crippen LogP contribution in [0.5, 0.6) is 0 Å². The molecule has 0 aliphatic rings. The van der Waals surface area contributed by atoms with Crippen LogP contribution in [0.1, 0.15) is 44.5 Å². The number of allylic oxidation sites excluding steroid dienone is 1. The van der Waals surface area contributed by atoms with Gasteiger partial charge in [0.2, 0.25) is 0 Å². The molecule has 6 aromatic carbocycles. The summed E-state index contributed by atoms with van der Waals surface area (Å²) in [4.78, 5) is 12.2. The molecule has 0 atom stereocenters. The molecule has 6 aromatic rings. The van der Waals surface area contributed by atoms with Crippen LogP contribution in [0, 0.1) is 0 Å². The topological polar surface area (TPSA) is 17.1 Å². The quantitative estimate of drug-likeness (QED) is 0.0970. The first-order chi connectivity index (χ1) is 21.8. The summed E-state index contributed by atoms with van der Waals surface area (Å²) >= 11 is 0. The van der Waals surface area contributed by atoms with Crippen LogP contribution in [-0.4, -0.2) is 6.29 Å².